The molecule has 0 aliphatic heterocycles. The number of nitrogens with zero attached hydrogens (tertiary/aromatic N) is 1. The monoisotopic (exact) mass is 391 g/mol. The van der Waals surface area contributed by atoms with Crippen molar-refractivity contribution in [3.63, 3.8) is 0 Å². The van der Waals surface area contributed by atoms with E-state index in [2.05, 4.69) is 5.32 Å². The second-order valence-electron chi connectivity index (χ2n) is 5.95. The van der Waals surface area contributed by atoms with Crippen molar-refractivity contribution in [2.24, 2.45) is 5.73 Å². The van der Waals surface area contributed by atoms with Crippen LogP contribution in [0.1, 0.15) is 23.2 Å². The Bertz CT molecular complexity index is 867. The van der Waals surface area contributed by atoms with Gasteiger partial charge in [0.15, 0.2) is 0 Å². The van der Waals surface area contributed by atoms with Crippen molar-refractivity contribution in [1.29, 1.82) is 0 Å². The maximum atomic E-state index is 12.9. The molecule has 0 saturated heterocycles. The molecule has 2 rings (SSSR count). The van der Waals surface area contributed by atoms with Gasteiger partial charge in [0.05, 0.1) is 17.7 Å². The van der Waals surface area contributed by atoms with E-state index in [1.165, 1.54) is 23.5 Å². The minimum Gasteiger partial charge on any atom is -0.497 e. The Morgan fingerprint density at radius 2 is 1.85 bits per heavy atom. The van der Waals surface area contributed by atoms with Crippen LogP contribution in [0.4, 0.5) is 5.69 Å². The zero-order chi connectivity index (χ0) is 19.9. The van der Waals surface area contributed by atoms with Crippen molar-refractivity contribution < 1.29 is 17.9 Å². The number of unbranched alkanes of at least 4 members (excludes halogenated alkanes) is 1. The summed E-state index contributed by atoms with van der Waals surface area (Å²) >= 11 is 0. The summed E-state index contributed by atoms with van der Waals surface area (Å²) in [6, 6.07) is 12.7. The van der Waals surface area contributed by atoms with Crippen LogP contribution in [-0.2, 0) is 10.0 Å². The smallest absolute Gasteiger partial charge is 0.264 e. The van der Waals surface area contributed by atoms with Gasteiger partial charge < -0.3 is 15.8 Å². The first-order valence-electron chi connectivity index (χ1n) is 8.61. The van der Waals surface area contributed by atoms with Gasteiger partial charge in [-0.25, -0.2) is 8.42 Å². The summed E-state index contributed by atoms with van der Waals surface area (Å²) in [5.41, 5.74) is 6.22. The van der Waals surface area contributed by atoms with Gasteiger partial charge in [-0.15, -0.1) is 0 Å². The van der Waals surface area contributed by atoms with Crippen LogP contribution >= 0.6 is 0 Å². The first kappa shape index (κ1) is 20.7. The van der Waals surface area contributed by atoms with Crippen molar-refractivity contribution in [2.75, 3.05) is 31.6 Å². The largest absolute Gasteiger partial charge is 0.497 e. The first-order valence-corrected chi connectivity index (χ1v) is 10.1. The predicted molar refractivity (Wildman–Crippen MR) is 106 cm³/mol. The van der Waals surface area contributed by atoms with E-state index in [-0.39, 0.29) is 10.8 Å². The SMILES string of the molecule is COc1ccc(N(C)S(=O)(=O)c2cccc(C(=O)NCCCCN)c2)cc1. The van der Waals surface area contributed by atoms with Crippen molar-refractivity contribution >= 4 is 21.6 Å². The van der Waals surface area contributed by atoms with E-state index in [1.54, 1.807) is 43.5 Å². The zero-order valence-corrected chi connectivity index (χ0v) is 16.3. The Kier molecular flexibility index (Phi) is 7.20. The van der Waals surface area contributed by atoms with Gasteiger partial charge in [-0.3, -0.25) is 9.10 Å². The number of nitrogens with two attached hydrogens (primary N) is 1. The molecule has 0 unspecified atom stereocenters. The van der Waals surface area contributed by atoms with E-state index < -0.39 is 10.0 Å². The molecule has 0 aliphatic rings. The molecule has 0 bridgehead atoms. The lowest BCUT2D eigenvalue weighted by molar-refractivity contribution is 0.0953. The summed E-state index contributed by atoms with van der Waals surface area (Å²) in [5, 5.41) is 2.77. The normalized spacial score (nSPS) is 11.1. The highest BCUT2D eigenvalue weighted by Crippen LogP contribution is 2.24. The lowest BCUT2D eigenvalue weighted by Crippen LogP contribution is -2.28. The number of anilines is 1. The third-order valence-electron chi connectivity index (χ3n) is 4.11. The van der Waals surface area contributed by atoms with E-state index in [4.69, 9.17) is 10.5 Å². The molecule has 27 heavy (non-hydrogen) atoms. The van der Waals surface area contributed by atoms with Crippen LogP contribution in [-0.4, -0.2) is 41.6 Å². The molecule has 0 saturated carbocycles. The van der Waals surface area contributed by atoms with Gasteiger partial charge in [-0.2, -0.15) is 0 Å². The van der Waals surface area contributed by atoms with Gasteiger partial charge in [0.2, 0.25) is 0 Å². The number of amides is 1. The molecule has 8 heteroatoms. The Morgan fingerprint density at radius 1 is 1.15 bits per heavy atom. The summed E-state index contributed by atoms with van der Waals surface area (Å²) in [6.07, 6.45) is 1.60. The molecule has 0 radical (unpaired) electrons. The summed E-state index contributed by atoms with van der Waals surface area (Å²) < 4.78 is 32.1. The first-order chi connectivity index (χ1) is 12.9. The minimum atomic E-state index is -3.80. The Balaban J connectivity index is 2.18. The third-order valence-corrected chi connectivity index (χ3v) is 5.89. The van der Waals surface area contributed by atoms with Gasteiger partial charge in [-0.05, 0) is 61.9 Å². The van der Waals surface area contributed by atoms with Crippen LogP contribution in [0.25, 0.3) is 0 Å². The number of benzene rings is 2. The molecule has 0 aromatic heterocycles. The van der Waals surface area contributed by atoms with Crippen LogP contribution < -0.4 is 20.1 Å². The fourth-order valence-corrected chi connectivity index (χ4v) is 3.70. The standard InChI is InChI=1S/C19H25N3O4S/c1-22(16-8-10-17(26-2)11-9-16)27(24,25)18-7-5-6-15(14-18)19(23)21-13-4-3-12-20/h5-11,14H,3-4,12-13,20H2,1-2H3,(H,21,23). The van der Waals surface area contributed by atoms with Gasteiger partial charge >= 0.3 is 0 Å². The van der Waals surface area contributed by atoms with E-state index >= 15 is 0 Å². The summed E-state index contributed by atoms with van der Waals surface area (Å²) in [5.74, 6) is 0.328. The van der Waals surface area contributed by atoms with Crippen LogP contribution in [0.15, 0.2) is 53.4 Å². The molecule has 0 heterocycles. The second-order valence-corrected chi connectivity index (χ2v) is 7.92. The Labute approximate surface area is 160 Å². The third kappa shape index (κ3) is 5.21. The fraction of sp³-hybridized carbons (Fsp3) is 0.316. The van der Waals surface area contributed by atoms with Crippen molar-refractivity contribution in [3.05, 3.63) is 54.1 Å². The number of carbonyl (C=O) groups excluding carboxylic acids is 1. The second kappa shape index (κ2) is 9.38. The molecule has 2 aromatic rings. The highest BCUT2D eigenvalue weighted by molar-refractivity contribution is 7.92. The Morgan fingerprint density at radius 3 is 2.48 bits per heavy atom. The van der Waals surface area contributed by atoms with E-state index in [9.17, 15) is 13.2 Å². The average Bonchev–Trinajstić information content (AvgIpc) is 2.70. The fourth-order valence-electron chi connectivity index (χ4n) is 2.46. The summed E-state index contributed by atoms with van der Waals surface area (Å²) in [4.78, 5) is 12.3. The number of hydrogen-bond donors (Lipinski definition) is 2. The highest BCUT2D eigenvalue weighted by atomic mass is 32.2. The number of methoxy groups -OCH3 is 1. The van der Waals surface area contributed by atoms with Gasteiger partial charge in [0.1, 0.15) is 5.75 Å². The lowest BCUT2D eigenvalue weighted by atomic mass is 10.2. The molecule has 0 spiro atoms. The topological polar surface area (TPSA) is 102 Å². The summed E-state index contributed by atoms with van der Waals surface area (Å²) in [6.45, 7) is 1.07. The molecule has 2 aromatic carbocycles. The molecular weight excluding hydrogens is 366 g/mol. The van der Waals surface area contributed by atoms with Gasteiger partial charge in [-0.1, -0.05) is 6.07 Å². The van der Waals surface area contributed by atoms with E-state index in [0.717, 1.165) is 12.8 Å². The van der Waals surface area contributed by atoms with E-state index in [1.807, 2.05) is 0 Å². The molecule has 7 nitrogen and oxygen atoms in total. The minimum absolute atomic E-state index is 0.0513. The molecular formula is C19H25N3O4S. The zero-order valence-electron chi connectivity index (χ0n) is 15.5. The number of carbonyl (C=O) groups is 1. The number of hydrogen-bond acceptors (Lipinski definition) is 5. The van der Waals surface area contributed by atoms with Crippen molar-refractivity contribution in [2.45, 2.75) is 17.7 Å². The van der Waals surface area contributed by atoms with Crippen molar-refractivity contribution in [3.8, 4) is 5.75 Å². The quantitative estimate of drug-likeness (QED) is 0.637. The number of rotatable bonds is 9. The molecule has 1 amide bonds. The number of sulfonamides is 1. The van der Waals surface area contributed by atoms with Crippen LogP contribution in [0, 0.1) is 0 Å². The van der Waals surface area contributed by atoms with Crippen molar-refractivity contribution in [1.82, 2.24) is 5.32 Å². The predicted octanol–water partition coefficient (Wildman–Crippen LogP) is 1.99. The van der Waals surface area contributed by atoms with E-state index in [0.29, 0.717) is 30.1 Å². The Hall–Kier alpha value is -2.58. The maximum absolute atomic E-state index is 12.9. The summed E-state index contributed by atoms with van der Waals surface area (Å²) in [7, 11) is -0.788. The van der Waals surface area contributed by atoms with Crippen LogP contribution in [0.5, 0.6) is 5.75 Å². The number of ether oxygens (including phenoxy) is 1. The van der Waals surface area contributed by atoms with Crippen LogP contribution in [0.3, 0.4) is 0 Å². The van der Waals surface area contributed by atoms with Gasteiger partial charge in [0, 0.05) is 19.2 Å². The maximum Gasteiger partial charge on any atom is 0.264 e. The highest BCUT2D eigenvalue weighted by Gasteiger charge is 2.22. The molecule has 146 valence electrons. The van der Waals surface area contributed by atoms with Crippen LogP contribution in [0.2, 0.25) is 0 Å². The molecule has 0 aliphatic carbocycles. The number of nitrogens with one attached hydrogen (secondary N) is 1. The van der Waals surface area contributed by atoms with Gasteiger partial charge in [0.25, 0.3) is 15.9 Å². The molecule has 0 atom stereocenters. The molecule has 0 fully saturated rings. The molecule has 3 N–H and O–H groups in total. The lowest BCUT2D eigenvalue weighted by Gasteiger charge is -2.20. The average molecular weight is 391 g/mol.